The molecule has 0 spiro atoms. The maximum atomic E-state index is 12.5. The minimum Gasteiger partial charge on any atom is -0.506 e. The summed E-state index contributed by atoms with van der Waals surface area (Å²) in [5.74, 6) is -2.46. The monoisotopic (exact) mass is 239 g/mol. The number of alkyl halides is 3. The first kappa shape index (κ1) is 12.1. The van der Waals surface area contributed by atoms with E-state index in [4.69, 9.17) is 17.3 Å². The molecule has 0 fully saturated rings. The number of phenols is 1. The molecule has 1 rings (SSSR count). The van der Waals surface area contributed by atoms with Crippen molar-refractivity contribution in [2.75, 3.05) is 6.54 Å². The fraction of sp³-hybridized carbons (Fsp3) is 0.333. The predicted octanol–water partition coefficient (Wildman–Crippen LogP) is 2.65. The number of nitrogens with two attached hydrogens (primary N) is 1. The van der Waals surface area contributed by atoms with Crippen LogP contribution < -0.4 is 5.73 Å². The highest BCUT2D eigenvalue weighted by Gasteiger charge is 2.41. The Hall–Kier alpha value is -0.940. The molecule has 0 aliphatic heterocycles. The van der Waals surface area contributed by atoms with Crippen molar-refractivity contribution in [3.63, 3.8) is 0 Å². The van der Waals surface area contributed by atoms with Gasteiger partial charge in [-0.1, -0.05) is 23.7 Å². The Balaban J connectivity index is 3.19. The van der Waals surface area contributed by atoms with Gasteiger partial charge in [-0.15, -0.1) is 0 Å². The summed E-state index contributed by atoms with van der Waals surface area (Å²) in [7, 11) is 0. The van der Waals surface area contributed by atoms with Crippen LogP contribution in [0.1, 0.15) is 11.5 Å². The van der Waals surface area contributed by atoms with Crippen LogP contribution in [0.2, 0.25) is 5.02 Å². The number of benzene rings is 1. The molecule has 3 N–H and O–H groups in total. The Morgan fingerprint density at radius 3 is 2.47 bits per heavy atom. The van der Waals surface area contributed by atoms with Crippen LogP contribution >= 0.6 is 11.6 Å². The van der Waals surface area contributed by atoms with Crippen LogP contribution in [0.15, 0.2) is 18.2 Å². The third kappa shape index (κ3) is 2.54. The zero-order chi connectivity index (χ0) is 11.6. The molecule has 1 atom stereocenters. The highest BCUT2D eigenvalue weighted by Crippen LogP contribution is 2.40. The van der Waals surface area contributed by atoms with Gasteiger partial charge in [0.2, 0.25) is 0 Å². The van der Waals surface area contributed by atoms with Gasteiger partial charge < -0.3 is 10.8 Å². The zero-order valence-electron chi connectivity index (χ0n) is 7.55. The summed E-state index contributed by atoms with van der Waals surface area (Å²) in [5.41, 5.74) is 4.74. The van der Waals surface area contributed by atoms with E-state index in [2.05, 4.69) is 0 Å². The molecule has 0 radical (unpaired) electrons. The molecule has 0 aliphatic rings. The fourth-order valence-corrected chi connectivity index (χ4v) is 1.43. The molecule has 0 saturated carbocycles. The predicted molar refractivity (Wildman–Crippen MR) is 51.0 cm³/mol. The average molecular weight is 240 g/mol. The summed E-state index contributed by atoms with van der Waals surface area (Å²) >= 11 is 5.51. The molecule has 0 heterocycles. The van der Waals surface area contributed by atoms with E-state index in [0.717, 1.165) is 6.07 Å². The first-order valence-electron chi connectivity index (χ1n) is 4.12. The molecule has 0 aliphatic carbocycles. The Morgan fingerprint density at radius 1 is 1.40 bits per heavy atom. The minimum atomic E-state index is -4.49. The number of rotatable bonds is 2. The summed E-state index contributed by atoms with van der Waals surface area (Å²) in [4.78, 5) is 0. The largest absolute Gasteiger partial charge is 0.506 e. The van der Waals surface area contributed by atoms with Crippen molar-refractivity contribution in [3.05, 3.63) is 28.8 Å². The third-order valence-corrected chi connectivity index (χ3v) is 2.33. The molecule has 0 saturated heterocycles. The smallest absolute Gasteiger partial charge is 0.397 e. The summed E-state index contributed by atoms with van der Waals surface area (Å²) < 4.78 is 37.5. The zero-order valence-corrected chi connectivity index (χ0v) is 8.31. The van der Waals surface area contributed by atoms with Crippen LogP contribution in [0.25, 0.3) is 0 Å². The normalized spacial score (nSPS) is 13.9. The van der Waals surface area contributed by atoms with E-state index >= 15 is 0 Å². The van der Waals surface area contributed by atoms with Crippen molar-refractivity contribution in [2.24, 2.45) is 5.73 Å². The summed E-state index contributed by atoms with van der Waals surface area (Å²) in [6.07, 6.45) is -4.49. The maximum absolute atomic E-state index is 12.5. The first-order valence-corrected chi connectivity index (χ1v) is 4.50. The number of phenolic OH excluding ortho intramolecular Hbond substituents is 1. The van der Waals surface area contributed by atoms with Gasteiger partial charge in [0, 0.05) is 12.1 Å². The van der Waals surface area contributed by atoms with Crippen LogP contribution in [-0.2, 0) is 0 Å². The molecule has 84 valence electrons. The van der Waals surface area contributed by atoms with Crippen molar-refractivity contribution < 1.29 is 18.3 Å². The number of para-hydroxylation sites is 1. The molecule has 0 bridgehead atoms. The van der Waals surface area contributed by atoms with Crippen molar-refractivity contribution in [2.45, 2.75) is 12.1 Å². The van der Waals surface area contributed by atoms with Gasteiger partial charge in [0.1, 0.15) is 5.75 Å². The Bertz CT molecular complexity index is 354. The van der Waals surface area contributed by atoms with Crippen LogP contribution in [0.3, 0.4) is 0 Å². The quantitative estimate of drug-likeness (QED) is 0.834. The van der Waals surface area contributed by atoms with E-state index in [0.29, 0.717) is 0 Å². The number of halogens is 4. The second-order valence-corrected chi connectivity index (χ2v) is 3.41. The molecule has 6 heteroatoms. The van der Waals surface area contributed by atoms with Gasteiger partial charge in [-0.05, 0) is 6.07 Å². The van der Waals surface area contributed by atoms with Gasteiger partial charge in [-0.2, -0.15) is 13.2 Å². The molecular formula is C9H9ClF3NO. The lowest BCUT2D eigenvalue weighted by Crippen LogP contribution is -2.28. The van der Waals surface area contributed by atoms with Gasteiger partial charge >= 0.3 is 6.18 Å². The van der Waals surface area contributed by atoms with E-state index in [1.807, 2.05) is 0 Å². The van der Waals surface area contributed by atoms with E-state index in [-0.39, 0.29) is 10.6 Å². The van der Waals surface area contributed by atoms with Crippen molar-refractivity contribution in [1.29, 1.82) is 0 Å². The Kier molecular flexibility index (Phi) is 3.46. The van der Waals surface area contributed by atoms with Gasteiger partial charge in [0.15, 0.2) is 0 Å². The lowest BCUT2D eigenvalue weighted by Gasteiger charge is -2.20. The fourth-order valence-electron chi connectivity index (χ4n) is 1.25. The second kappa shape index (κ2) is 4.28. The minimum absolute atomic E-state index is 0.116. The molecule has 0 amide bonds. The topological polar surface area (TPSA) is 46.2 Å². The van der Waals surface area contributed by atoms with Crippen LogP contribution in [-0.4, -0.2) is 17.8 Å². The first-order chi connectivity index (χ1) is 6.88. The summed E-state index contributed by atoms with van der Waals surface area (Å²) in [6, 6.07) is 3.81. The maximum Gasteiger partial charge on any atom is 0.397 e. The van der Waals surface area contributed by atoms with E-state index in [1.165, 1.54) is 12.1 Å². The van der Waals surface area contributed by atoms with Crippen molar-refractivity contribution in [1.82, 2.24) is 0 Å². The van der Waals surface area contributed by atoms with Crippen LogP contribution in [0.4, 0.5) is 13.2 Å². The summed E-state index contributed by atoms with van der Waals surface area (Å²) in [5, 5.41) is 9.26. The summed E-state index contributed by atoms with van der Waals surface area (Å²) in [6.45, 7) is -0.628. The van der Waals surface area contributed by atoms with Gasteiger partial charge in [0.05, 0.1) is 10.9 Å². The molecule has 1 unspecified atom stereocenters. The van der Waals surface area contributed by atoms with E-state index in [9.17, 15) is 18.3 Å². The molecule has 1 aromatic rings. The molecule has 0 aromatic heterocycles. The standard InChI is InChI=1S/C9H9ClF3NO/c10-7-3-1-2-5(8(7)15)6(4-14)9(11,12)13/h1-3,6,15H,4,14H2. The Labute approximate surface area is 89.5 Å². The highest BCUT2D eigenvalue weighted by atomic mass is 35.5. The van der Waals surface area contributed by atoms with Crippen molar-refractivity contribution >= 4 is 11.6 Å². The number of hydrogen-bond acceptors (Lipinski definition) is 2. The second-order valence-electron chi connectivity index (χ2n) is 3.01. The van der Waals surface area contributed by atoms with Gasteiger partial charge in [-0.3, -0.25) is 0 Å². The van der Waals surface area contributed by atoms with E-state index < -0.39 is 24.4 Å². The molecule has 15 heavy (non-hydrogen) atoms. The average Bonchev–Trinajstić information content (AvgIpc) is 2.11. The highest BCUT2D eigenvalue weighted by molar-refractivity contribution is 6.32. The SMILES string of the molecule is NCC(c1cccc(Cl)c1O)C(F)(F)F. The number of hydrogen-bond donors (Lipinski definition) is 2. The van der Waals surface area contributed by atoms with E-state index in [1.54, 1.807) is 0 Å². The molecule has 2 nitrogen and oxygen atoms in total. The third-order valence-electron chi connectivity index (χ3n) is 2.02. The van der Waals surface area contributed by atoms with Crippen LogP contribution in [0, 0.1) is 0 Å². The van der Waals surface area contributed by atoms with Gasteiger partial charge in [0.25, 0.3) is 0 Å². The van der Waals surface area contributed by atoms with Crippen molar-refractivity contribution in [3.8, 4) is 5.75 Å². The lowest BCUT2D eigenvalue weighted by molar-refractivity contribution is -0.148. The molecular weight excluding hydrogens is 231 g/mol. The Morgan fingerprint density at radius 2 is 2.00 bits per heavy atom. The lowest BCUT2D eigenvalue weighted by atomic mass is 9.98. The molecule has 1 aromatic carbocycles. The van der Waals surface area contributed by atoms with Gasteiger partial charge in [-0.25, -0.2) is 0 Å². The van der Waals surface area contributed by atoms with Crippen LogP contribution in [0.5, 0.6) is 5.75 Å². The number of aromatic hydroxyl groups is 1.